The van der Waals surface area contributed by atoms with E-state index in [1.807, 2.05) is 31.2 Å². The number of aromatic nitrogens is 4. The van der Waals surface area contributed by atoms with Crippen LogP contribution < -0.4 is 0 Å². The van der Waals surface area contributed by atoms with Crippen molar-refractivity contribution in [3.8, 4) is 23.2 Å². The summed E-state index contributed by atoms with van der Waals surface area (Å²) >= 11 is 0. The Hall–Kier alpha value is -2.50. The molecule has 0 amide bonds. The lowest BCUT2D eigenvalue weighted by molar-refractivity contribution is 0.381. The molecule has 6 heteroatoms. The fraction of sp³-hybridized carbons (Fsp3) is 0.167. The van der Waals surface area contributed by atoms with Crippen LogP contribution in [0.25, 0.3) is 23.2 Å². The van der Waals surface area contributed by atoms with Gasteiger partial charge in [-0.05, 0) is 19.4 Å². The topological polar surface area (TPSA) is 77.8 Å². The molecule has 90 valence electrons. The highest BCUT2D eigenvalue weighted by Gasteiger charge is 2.16. The third kappa shape index (κ3) is 1.77. The third-order valence-corrected chi connectivity index (χ3v) is 2.52. The fourth-order valence-corrected chi connectivity index (χ4v) is 1.63. The molecule has 1 aromatic carbocycles. The summed E-state index contributed by atoms with van der Waals surface area (Å²) in [6, 6.07) is 7.81. The maximum Gasteiger partial charge on any atom is 0.316 e. The maximum atomic E-state index is 5.12. The summed E-state index contributed by atoms with van der Waals surface area (Å²) < 4.78 is 10.1. The van der Waals surface area contributed by atoms with E-state index >= 15 is 0 Å². The molecule has 0 spiro atoms. The number of benzene rings is 1. The smallest absolute Gasteiger partial charge is 0.316 e. The van der Waals surface area contributed by atoms with Gasteiger partial charge in [-0.1, -0.05) is 34.6 Å². The van der Waals surface area contributed by atoms with E-state index in [0.717, 1.165) is 11.1 Å². The van der Waals surface area contributed by atoms with Crippen molar-refractivity contribution in [1.29, 1.82) is 0 Å². The van der Waals surface area contributed by atoms with Gasteiger partial charge in [0.25, 0.3) is 0 Å². The summed E-state index contributed by atoms with van der Waals surface area (Å²) in [5, 5.41) is 7.60. The summed E-state index contributed by atoms with van der Waals surface area (Å²) in [6.07, 6.45) is 0. The highest BCUT2D eigenvalue weighted by Crippen LogP contribution is 2.23. The van der Waals surface area contributed by atoms with Crippen molar-refractivity contribution in [2.75, 3.05) is 0 Å². The molecule has 3 aromatic rings. The first-order valence-electron chi connectivity index (χ1n) is 5.44. The largest absolute Gasteiger partial charge is 0.329 e. The predicted octanol–water partition coefficient (Wildman–Crippen LogP) is 2.40. The molecule has 0 unspecified atom stereocenters. The minimum atomic E-state index is 0.230. The van der Waals surface area contributed by atoms with Crippen molar-refractivity contribution in [2.45, 2.75) is 13.8 Å². The van der Waals surface area contributed by atoms with Gasteiger partial charge < -0.3 is 9.05 Å². The molecule has 0 fully saturated rings. The van der Waals surface area contributed by atoms with E-state index in [4.69, 9.17) is 9.05 Å². The molecule has 2 aromatic heterocycles. The number of rotatable bonds is 2. The number of hydrogen-bond acceptors (Lipinski definition) is 6. The van der Waals surface area contributed by atoms with Gasteiger partial charge >= 0.3 is 11.8 Å². The fourth-order valence-electron chi connectivity index (χ4n) is 1.63. The minimum absolute atomic E-state index is 0.230. The van der Waals surface area contributed by atoms with E-state index < -0.39 is 0 Å². The van der Waals surface area contributed by atoms with Gasteiger partial charge in [-0.2, -0.15) is 9.97 Å². The zero-order valence-corrected chi connectivity index (χ0v) is 9.91. The van der Waals surface area contributed by atoms with E-state index in [1.54, 1.807) is 6.92 Å². The molecule has 0 aliphatic heterocycles. The summed E-state index contributed by atoms with van der Waals surface area (Å²) in [5.74, 6) is 1.51. The van der Waals surface area contributed by atoms with Crippen LogP contribution in [0.5, 0.6) is 0 Å². The quantitative estimate of drug-likeness (QED) is 0.686. The van der Waals surface area contributed by atoms with Crippen molar-refractivity contribution < 1.29 is 9.05 Å². The SMILES string of the molecule is Cc1noc(-c2nc(-c3ccccc3C)no2)n1. The van der Waals surface area contributed by atoms with Gasteiger partial charge in [-0.15, -0.1) is 0 Å². The van der Waals surface area contributed by atoms with Gasteiger partial charge in [0.05, 0.1) is 0 Å². The summed E-state index contributed by atoms with van der Waals surface area (Å²) in [5.41, 5.74) is 2.00. The Bertz CT molecular complexity index is 687. The first-order chi connectivity index (χ1) is 8.74. The van der Waals surface area contributed by atoms with E-state index in [-0.39, 0.29) is 11.8 Å². The Kier molecular flexibility index (Phi) is 2.40. The number of aryl methyl sites for hydroxylation is 2. The average molecular weight is 242 g/mol. The third-order valence-electron chi connectivity index (χ3n) is 2.52. The van der Waals surface area contributed by atoms with Gasteiger partial charge in [0, 0.05) is 5.56 Å². The monoisotopic (exact) mass is 242 g/mol. The van der Waals surface area contributed by atoms with Crippen LogP contribution in [0.3, 0.4) is 0 Å². The molecule has 0 saturated heterocycles. The van der Waals surface area contributed by atoms with E-state index in [0.29, 0.717) is 11.6 Å². The molecule has 0 aliphatic rings. The number of nitrogens with zero attached hydrogens (tertiary/aromatic N) is 4. The van der Waals surface area contributed by atoms with Crippen LogP contribution in [-0.2, 0) is 0 Å². The van der Waals surface area contributed by atoms with Crippen molar-refractivity contribution in [1.82, 2.24) is 20.3 Å². The van der Waals surface area contributed by atoms with Crippen molar-refractivity contribution >= 4 is 0 Å². The summed E-state index contributed by atoms with van der Waals surface area (Å²) in [4.78, 5) is 8.29. The number of hydrogen-bond donors (Lipinski definition) is 0. The average Bonchev–Trinajstić information content (AvgIpc) is 2.98. The van der Waals surface area contributed by atoms with Gasteiger partial charge in [0.15, 0.2) is 5.82 Å². The minimum Gasteiger partial charge on any atom is -0.329 e. The molecule has 3 rings (SSSR count). The molecule has 0 bridgehead atoms. The van der Waals surface area contributed by atoms with Gasteiger partial charge in [0.1, 0.15) is 0 Å². The lowest BCUT2D eigenvalue weighted by Gasteiger charge is -1.97. The zero-order chi connectivity index (χ0) is 12.5. The van der Waals surface area contributed by atoms with Crippen LogP contribution in [-0.4, -0.2) is 20.3 Å². The molecule has 0 saturated carbocycles. The summed E-state index contributed by atoms with van der Waals surface area (Å²) in [7, 11) is 0. The summed E-state index contributed by atoms with van der Waals surface area (Å²) in [6.45, 7) is 3.72. The molecular formula is C12H10N4O2. The standard InChI is InChI=1S/C12H10N4O2/c1-7-5-3-4-6-9(7)10-14-12(18-16-10)11-13-8(2)15-17-11/h3-6H,1-2H3. The highest BCUT2D eigenvalue weighted by atomic mass is 16.5. The lowest BCUT2D eigenvalue weighted by Crippen LogP contribution is -1.85. The second-order valence-electron chi connectivity index (χ2n) is 3.88. The lowest BCUT2D eigenvalue weighted by atomic mass is 10.1. The Labute approximate surface area is 103 Å². The van der Waals surface area contributed by atoms with E-state index in [9.17, 15) is 0 Å². The molecular weight excluding hydrogens is 232 g/mol. The van der Waals surface area contributed by atoms with Crippen molar-refractivity contribution in [2.24, 2.45) is 0 Å². The second kappa shape index (κ2) is 4.06. The molecule has 0 radical (unpaired) electrons. The van der Waals surface area contributed by atoms with Crippen LogP contribution in [0, 0.1) is 13.8 Å². The first-order valence-corrected chi connectivity index (χ1v) is 5.44. The van der Waals surface area contributed by atoms with Gasteiger partial charge in [-0.25, -0.2) is 0 Å². The second-order valence-corrected chi connectivity index (χ2v) is 3.88. The van der Waals surface area contributed by atoms with E-state index in [1.165, 1.54) is 0 Å². The predicted molar refractivity (Wildman–Crippen MR) is 62.5 cm³/mol. The molecule has 0 atom stereocenters. The molecule has 18 heavy (non-hydrogen) atoms. The molecule has 2 heterocycles. The van der Waals surface area contributed by atoms with Crippen LogP contribution in [0.2, 0.25) is 0 Å². The molecule has 0 aliphatic carbocycles. The van der Waals surface area contributed by atoms with E-state index in [2.05, 4.69) is 20.3 Å². The van der Waals surface area contributed by atoms with Crippen LogP contribution in [0.15, 0.2) is 33.3 Å². The Balaban J connectivity index is 2.02. The first kappa shape index (κ1) is 10.6. The van der Waals surface area contributed by atoms with Crippen LogP contribution >= 0.6 is 0 Å². The molecule has 6 nitrogen and oxygen atoms in total. The normalized spacial score (nSPS) is 10.8. The highest BCUT2D eigenvalue weighted by molar-refractivity contribution is 5.60. The maximum absolute atomic E-state index is 5.12. The van der Waals surface area contributed by atoms with Crippen LogP contribution in [0.1, 0.15) is 11.4 Å². The Morgan fingerprint density at radius 2 is 1.61 bits per heavy atom. The Morgan fingerprint density at radius 3 is 2.33 bits per heavy atom. The molecule has 0 N–H and O–H groups in total. The van der Waals surface area contributed by atoms with Crippen molar-refractivity contribution in [3.63, 3.8) is 0 Å². The zero-order valence-electron chi connectivity index (χ0n) is 9.91. The van der Waals surface area contributed by atoms with Gasteiger partial charge in [-0.3, -0.25) is 0 Å². The van der Waals surface area contributed by atoms with Gasteiger partial charge in [0.2, 0.25) is 5.82 Å². The van der Waals surface area contributed by atoms with Crippen LogP contribution in [0.4, 0.5) is 0 Å². The Morgan fingerprint density at radius 1 is 0.889 bits per heavy atom. The van der Waals surface area contributed by atoms with Crippen molar-refractivity contribution in [3.05, 3.63) is 35.7 Å².